The zero-order valence-electron chi connectivity index (χ0n) is 13.8. The molecule has 1 N–H and O–H groups in total. The van der Waals surface area contributed by atoms with E-state index in [1.807, 2.05) is 26.8 Å². The number of benzene rings is 1. The van der Waals surface area contributed by atoms with E-state index in [2.05, 4.69) is 26.1 Å². The lowest BCUT2D eigenvalue weighted by molar-refractivity contribution is -0.125. The predicted octanol–water partition coefficient (Wildman–Crippen LogP) is 4.36. The summed E-state index contributed by atoms with van der Waals surface area (Å²) < 4.78 is 5.51. The molecule has 0 saturated carbocycles. The Hall–Kier alpha value is -1.22. The van der Waals surface area contributed by atoms with Crippen molar-refractivity contribution in [1.82, 2.24) is 5.32 Å². The van der Waals surface area contributed by atoms with E-state index in [0.717, 1.165) is 12.0 Å². The van der Waals surface area contributed by atoms with Gasteiger partial charge in [0, 0.05) is 10.6 Å². The summed E-state index contributed by atoms with van der Waals surface area (Å²) in [5, 5.41) is 3.71. The smallest absolute Gasteiger partial charge is 0.258 e. The normalized spacial score (nSPS) is 12.1. The van der Waals surface area contributed by atoms with Crippen molar-refractivity contribution in [2.45, 2.75) is 53.5 Å². The molecule has 1 amide bonds. The summed E-state index contributed by atoms with van der Waals surface area (Å²) in [5.74, 6) is 0.539. The number of carbonyl (C=O) groups excluding carboxylic acids is 1. The Balaban J connectivity index is 2.52. The minimum Gasteiger partial charge on any atom is -0.484 e. The van der Waals surface area contributed by atoms with Crippen LogP contribution in [0.4, 0.5) is 0 Å². The molecule has 0 saturated heterocycles. The average molecular weight is 312 g/mol. The second-order valence-electron chi connectivity index (χ2n) is 7.37. The van der Waals surface area contributed by atoms with E-state index in [0.29, 0.717) is 10.8 Å². The van der Waals surface area contributed by atoms with E-state index >= 15 is 0 Å². The number of nitrogens with one attached hydrogen (secondary N) is 1. The molecule has 0 aromatic heterocycles. The van der Waals surface area contributed by atoms with Crippen LogP contribution in [-0.4, -0.2) is 18.1 Å². The van der Waals surface area contributed by atoms with E-state index in [-0.39, 0.29) is 23.5 Å². The molecule has 1 aromatic carbocycles. The zero-order valence-corrected chi connectivity index (χ0v) is 14.6. The molecule has 0 atom stereocenters. The molecule has 0 spiro atoms. The second kappa shape index (κ2) is 6.69. The Labute approximate surface area is 133 Å². The molecule has 0 unspecified atom stereocenters. The molecule has 0 aliphatic carbocycles. The van der Waals surface area contributed by atoms with Crippen LogP contribution in [0.3, 0.4) is 0 Å². The van der Waals surface area contributed by atoms with Gasteiger partial charge in [-0.05, 0) is 56.4 Å². The highest BCUT2D eigenvalue weighted by Gasteiger charge is 2.26. The molecular weight excluding hydrogens is 286 g/mol. The Morgan fingerprint density at radius 3 is 2.38 bits per heavy atom. The number of rotatable bonds is 5. The fourth-order valence-electron chi connectivity index (χ4n) is 2.64. The Bertz CT molecular complexity index is 504. The molecule has 0 aliphatic rings. The minimum atomic E-state index is -0.255. The average Bonchev–Trinajstić information content (AvgIpc) is 2.26. The van der Waals surface area contributed by atoms with E-state index in [4.69, 9.17) is 16.3 Å². The van der Waals surface area contributed by atoms with Gasteiger partial charge in [-0.3, -0.25) is 4.79 Å². The zero-order chi connectivity index (χ0) is 16.3. The summed E-state index contributed by atoms with van der Waals surface area (Å²) in [5.41, 5.74) is 0.835. The first kappa shape index (κ1) is 17.8. The summed E-state index contributed by atoms with van der Waals surface area (Å²) in [6.07, 6.45) is 0.895. The van der Waals surface area contributed by atoms with Crippen molar-refractivity contribution >= 4 is 17.5 Å². The standard InChI is InChI=1S/C17H26ClNO2/c1-12-9-13(7-8-14(12)18)21-10-15(20)19-17(5,6)11-16(2,3)4/h7-9H,10-11H2,1-6H3,(H,19,20). The van der Waals surface area contributed by atoms with Crippen molar-refractivity contribution in [3.8, 4) is 5.75 Å². The Morgan fingerprint density at radius 1 is 1.24 bits per heavy atom. The molecule has 0 fully saturated rings. The third-order valence-electron chi connectivity index (χ3n) is 2.95. The largest absolute Gasteiger partial charge is 0.484 e. The molecule has 0 heterocycles. The van der Waals surface area contributed by atoms with Gasteiger partial charge in [0.05, 0.1) is 0 Å². The molecular formula is C17H26ClNO2. The van der Waals surface area contributed by atoms with Gasteiger partial charge in [-0.25, -0.2) is 0 Å². The third kappa shape index (κ3) is 6.85. The molecule has 0 radical (unpaired) electrons. The van der Waals surface area contributed by atoms with Gasteiger partial charge in [0.1, 0.15) is 5.75 Å². The summed E-state index contributed by atoms with van der Waals surface area (Å²) >= 11 is 5.96. The fourth-order valence-corrected chi connectivity index (χ4v) is 2.76. The number of hydrogen-bond donors (Lipinski definition) is 1. The molecule has 118 valence electrons. The highest BCUT2D eigenvalue weighted by molar-refractivity contribution is 6.31. The van der Waals surface area contributed by atoms with Crippen LogP contribution in [0, 0.1) is 12.3 Å². The lowest BCUT2D eigenvalue weighted by Crippen LogP contribution is -2.47. The van der Waals surface area contributed by atoms with Crippen molar-refractivity contribution in [2.75, 3.05) is 6.61 Å². The topological polar surface area (TPSA) is 38.3 Å². The summed E-state index contributed by atoms with van der Waals surface area (Å²) in [6, 6.07) is 5.37. The molecule has 3 nitrogen and oxygen atoms in total. The van der Waals surface area contributed by atoms with E-state index in [1.54, 1.807) is 12.1 Å². The quantitative estimate of drug-likeness (QED) is 0.877. The lowest BCUT2D eigenvalue weighted by atomic mass is 9.82. The van der Waals surface area contributed by atoms with Crippen LogP contribution in [0.1, 0.15) is 46.6 Å². The fraction of sp³-hybridized carbons (Fsp3) is 0.588. The van der Waals surface area contributed by atoms with Gasteiger partial charge in [0.15, 0.2) is 6.61 Å². The number of ether oxygens (including phenoxy) is 1. The number of carbonyl (C=O) groups is 1. The summed E-state index contributed by atoms with van der Waals surface area (Å²) in [4.78, 5) is 12.0. The first-order valence-electron chi connectivity index (χ1n) is 7.18. The molecule has 1 aromatic rings. The van der Waals surface area contributed by atoms with Gasteiger partial charge >= 0.3 is 0 Å². The van der Waals surface area contributed by atoms with Crippen LogP contribution in [0.15, 0.2) is 18.2 Å². The van der Waals surface area contributed by atoms with Gasteiger partial charge in [0.2, 0.25) is 0 Å². The molecule has 4 heteroatoms. The van der Waals surface area contributed by atoms with E-state index in [9.17, 15) is 4.79 Å². The van der Waals surface area contributed by atoms with Crippen LogP contribution in [0.25, 0.3) is 0 Å². The Morgan fingerprint density at radius 2 is 1.86 bits per heavy atom. The van der Waals surface area contributed by atoms with Crippen LogP contribution >= 0.6 is 11.6 Å². The third-order valence-corrected chi connectivity index (χ3v) is 3.37. The van der Waals surface area contributed by atoms with Crippen LogP contribution in [-0.2, 0) is 4.79 Å². The summed E-state index contributed by atoms with van der Waals surface area (Å²) in [7, 11) is 0. The van der Waals surface area contributed by atoms with Gasteiger partial charge in [-0.1, -0.05) is 32.4 Å². The minimum absolute atomic E-state index is 0.00858. The molecule has 0 aliphatic heterocycles. The van der Waals surface area contributed by atoms with Gasteiger partial charge < -0.3 is 10.1 Å². The van der Waals surface area contributed by atoms with Crippen LogP contribution in [0.2, 0.25) is 5.02 Å². The van der Waals surface area contributed by atoms with Crippen molar-refractivity contribution < 1.29 is 9.53 Å². The highest BCUT2D eigenvalue weighted by atomic mass is 35.5. The van der Waals surface area contributed by atoms with Crippen molar-refractivity contribution in [1.29, 1.82) is 0 Å². The van der Waals surface area contributed by atoms with Crippen molar-refractivity contribution in [2.24, 2.45) is 5.41 Å². The Kier molecular flexibility index (Phi) is 5.68. The molecule has 0 bridgehead atoms. The van der Waals surface area contributed by atoms with E-state index in [1.165, 1.54) is 0 Å². The van der Waals surface area contributed by atoms with Crippen LogP contribution in [0.5, 0.6) is 5.75 Å². The summed E-state index contributed by atoms with van der Waals surface area (Å²) in [6.45, 7) is 12.5. The number of aryl methyl sites for hydroxylation is 1. The van der Waals surface area contributed by atoms with Gasteiger partial charge in [-0.15, -0.1) is 0 Å². The van der Waals surface area contributed by atoms with Crippen LogP contribution < -0.4 is 10.1 Å². The lowest BCUT2D eigenvalue weighted by Gasteiger charge is -2.33. The van der Waals surface area contributed by atoms with Crippen molar-refractivity contribution in [3.63, 3.8) is 0 Å². The maximum Gasteiger partial charge on any atom is 0.258 e. The maximum atomic E-state index is 12.0. The maximum absolute atomic E-state index is 12.0. The van der Waals surface area contributed by atoms with Crippen molar-refractivity contribution in [3.05, 3.63) is 28.8 Å². The number of hydrogen-bond acceptors (Lipinski definition) is 2. The van der Waals surface area contributed by atoms with E-state index < -0.39 is 0 Å². The van der Waals surface area contributed by atoms with Gasteiger partial charge in [-0.2, -0.15) is 0 Å². The molecule has 21 heavy (non-hydrogen) atoms. The number of halogens is 1. The second-order valence-corrected chi connectivity index (χ2v) is 7.78. The van der Waals surface area contributed by atoms with Gasteiger partial charge in [0.25, 0.3) is 5.91 Å². The first-order valence-corrected chi connectivity index (χ1v) is 7.56. The predicted molar refractivity (Wildman–Crippen MR) is 88.0 cm³/mol. The number of amides is 1. The monoisotopic (exact) mass is 311 g/mol. The SMILES string of the molecule is Cc1cc(OCC(=O)NC(C)(C)CC(C)(C)C)ccc1Cl. The first-order chi connectivity index (χ1) is 9.48. The molecule has 1 rings (SSSR count). The highest BCUT2D eigenvalue weighted by Crippen LogP contribution is 2.26.